The van der Waals surface area contributed by atoms with Gasteiger partial charge in [-0.3, -0.25) is 0 Å². The number of hydrogen-bond donors (Lipinski definition) is 1. The highest BCUT2D eigenvalue weighted by Gasteiger charge is 2.36. The van der Waals surface area contributed by atoms with Gasteiger partial charge in [-0.25, -0.2) is 9.18 Å². The summed E-state index contributed by atoms with van der Waals surface area (Å²) in [5.74, 6) is -1.74. The summed E-state index contributed by atoms with van der Waals surface area (Å²) in [6.07, 6.45) is -4.77. The zero-order valence-electron chi connectivity index (χ0n) is 14.6. The monoisotopic (exact) mass is 391 g/mol. The first-order valence-corrected chi connectivity index (χ1v) is 7.99. The second-order valence-electron chi connectivity index (χ2n) is 5.00. The van der Waals surface area contributed by atoms with Crippen molar-refractivity contribution in [3.05, 3.63) is 51.8 Å². The molecule has 2 N–H and O–H groups in total. The van der Waals surface area contributed by atoms with Crippen molar-refractivity contribution >= 4 is 23.3 Å². The molecule has 8 heteroatoms. The standard InChI is InChI=1S/C16H12ClF4NO2.C2H6/c1-7-13(8-3-4-12(18)11(17)5-8)10(16(19,20)21)6-9(14(7)22)15(23)24-2;1-2/h3-6H,22H2,1-2H3;1-2H3. The Hall–Kier alpha value is -2.28. The summed E-state index contributed by atoms with van der Waals surface area (Å²) in [5.41, 5.74) is 3.97. The first-order chi connectivity index (χ1) is 12.1. The van der Waals surface area contributed by atoms with Gasteiger partial charge >= 0.3 is 12.1 Å². The van der Waals surface area contributed by atoms with Gasteiger partial charge in [-0.05, 0) is 41.8 Å². The molecular formula is C18H18ClF4NO2. The van der Waals surface area contributed by atoms with E-state index < -0.39 is 23.5 Å². The van der Waals surface area contributed by atoms with Gasteiger partial charge in [0.05, 0.1) is 23.3 Å². The molecule has 0 saturated carbocycles. The molecule has 0 atom stereocenters. The quantitative estimate of drug-likeness (QED) is 0.396. The lowest BCUT2D eigenvalue weighted by molar-refractivity contribution is -0.137. The van der Waals surface area contributed by atoms with Gasteiger partial charge in [0.2, 0.25) is 0 Å². The molecule has 26 heavy (non-hydrogen) atoms. The Morgan fingerprint density at radius 2 is 1.77 bits per heavy atom. The summed E-state index contributed by atoms with van der Waals surface area (Å²) in [5, 5.41) is -0.323. The van der Waals surface area contributed by atoms with Crippen LogP contribution in [0.15, 0.2) is 24.3 Å². The van der Waals surface area contributed by atoms with E-state index in [2.05, 4.69) is 4.74 Å². The summed E-state index contributed by atoms with van der Waals surface area (Å²) in [6.45, 7) is 5.34. The summed E-state index contributed by atoms with van der Waals surface area (Å²) in [7, 11) is 1.04. The molecule has 0 aliphatic carbocycles. The van der Waals surface area contributed by atoms with E-state index in [4.69, 9.17) is 17.3 Å². The van der Waals surface area contributed by atoms with Gasteiger partial charge in [-0.15, -0.1) is 0 Å². The van der Waals surface area contributed by atoms with Crippen molar-refractivity contribution in [3.63, 3.8) is 0 Å². The van der Waals surface area contributed by atoms with E-state index in [1.54, 1.807) is 0 Å². The molecule has 142 valence electrons. The van der Waals surface area contributed by atoms with E-state index in [-0.39, 0.29) is 33.0 Å². The third kappa shape index (κ3) is 4.27. The second-order valence-corrected chi connectivity index (χ2v) is 5.41. The zero-order chi connectivity index (χ0) is 20.2. The third-order valence-corrected chi connectivity index (χ3v) is 3.84. The summed E-state index contributed by atoms with van der Waals surface area (Å²) >= 11 is 5.67. The molecule has 0 saturated heterocycles. The lowest BCUT2D eigenvalue weighted by Gasteiger charge is -2.19. The van der Waals surface area contributed by atoms with E-state index in [9.17, 15) is 22.4 Å². The summed E-state index contributed by atoms with van der Waals surface area (Å²) in [4.78, 5) is 11.7. The topological polar surface area (TPSA) is 52.3 Å². The average Bonchev–Trinajstić information content (AvgIpc) is 2.59. The molecule has 0 aliphatic heterocycles. The van der Waals surface area contributed by atoms with Crippen molar-refractivity contribution < 1.29 is 27.1 Å². The SMILES string of the molecule is CC.COC(=O)c1cc(C(F)(F)F)c(-c2ccc(F)c(Cl)c2)c(C)c1N. The molecule has 2 aromatic rings. The Bertz CT molecular complexity index is 820. The number of nitrogens with two attached hydrogens (primary N) is 1. The highest BCUT2D eigenvalue weighted by atomic mass is 35.5. The number of benzene rings is 2. The van der Waals surface area contributed by atoms with E-state index in [1.165, 1.54) is 6.92 Å². The zero-order valence-corrected chi connectivity index (χ0v) is 15.3. The lowest BCUT2D eigenvalue weighted by Crippen LogP contribution is -2.15. The van der Waals surface area contributed by atoms with Gasteiger partial charge in [-0.1, -0.05) is 31.5 Å². The molecule has 3 nitrogen and oxygen atoms in total. The van der Waals surface area contributed by atoms with E-state index in [0.29, 0.717) is 6.07 Å². The van der Waals surface area contributed by atoms with Gasteiger partial charge < -0.3 is 10.5 Å². The minimum Gasteiger partial charge on any atom is -0.465 e. The van der Waals surface area contributed by atoms with E-state index >= 15 is 0 Å². The molecule has 0 aliphatic rings. The highest BCUT2D eigenvalue weighted by molar-refractivity contribution is 6.31. The minimum absolute atomic E-state index is 0.0212. The van der Waals surface area contributed by atoms with Crippen molar-refractivity contribution in [2.24, 2.45) is 0 Å². The maximum atomic E-state index is 13.5. The van der Waals surface area contributed by atoms with Crippen LogP contribution in [-0.2, 0) is 10.9 Å². The van der Waals surface area contributed by atoms with Crippen molar-refractivity contribution in [2.45, 2.75) is 26.9 Å². The Morgan fingerprint density at radius 3 is 2.23 bits per heavy atom. The number of anilines is 1. The van der Waals surface area contributed by atoms with Crippen LogP contribution in [0.2, 0.25) is 5.02 Å². The van der Waals surface area contributed by atoms with Crippen molar-refractivity contribution in [1.82, 2.24) is 0 Å². The van der Waals surface area contributed by atoms with Gasteiger partial charge in [0, 0.05) is 5.69 Å². The first kappa shape index (κ1) is 21.8. The van der Waals surface area contributed by atoms with Crippen LogP contribution in [0.25, 0.3) is 11.1 Å². The maximum absolute atomic E-state index is 13.5. The number of nitrogen functional groups attached to an aromatic ring is 1. The molecular weight excluding hydrogens is 374 g/mol. The van der Waals surface area contributed by atoms with Crippen LogP contribution in [0, 0.1) is 12.7 Å². The number of methoxy groups -OCH3 is 1. The van der Waals surface area contributed by atoms with Crippen LogP contribution in [0.4, 0.5) is 23.2 Å². The molecule has 0 aromatic heterocycles. The highest BCUT2D eigenvalue weighted by Crippen LogP contribution is 2.43. The molecule has 0 amide bonds. The fourth-order valence-electron chi connectivity index (χ4n) is 2.36. The normalized spacial score (nSPS) is 10.8. The van der Waals surface area contributed by atoms with Crippen molar-refractivity contribution in [3.8, 4) is 11.1 Å². The molecule has 2 rings (SSSR count). The predicted octanol–water partition coefficient (Wildman–Crippen LogP) is 5.87. The number of alkyl halides is 3. The molecule has 2 aromatic carbocycles. The smallest absolute Gasteiger partial charge is 0.417 e. The molecule has 0 radical (unpaired) electrons. The fraction of sp³-hybridized carbons (Fsp3) is 0.278. The molecule has 0 spiro atoms. The first-order valence-electron chi connectivity index (χ1n) is 7.62. The van der Waals surface area contributed by atoms with Crippen molar-refractivity contribution in [2.75, 3.05) is 12.8 Å². The number of ether oxygens (including phenoxy) is 1. The van der Waals surface area contributed by atoms with Crippen LogP contribution in [0.3, 0.4) is 0 Å². The Labute approximate surface area is 153 Å². The number of esters is 1. The summed E-state index contributed by atoms with van der Waals surface area (Å²) in [6, 6.07) is 3.82. The Balaban J connectivity index is 0.00000163. The largest absolute Gasteiger partial charge is 0.465 e. The van der Waals surface area contributed by atoms with Gasteiger partial charge in [-0.2, -0.15) is 13.2 Å². The lowest BCUT2D eigenvalue weighted by atomic mass is 9.90. The van der Waals surface area contributed by atoms with Crippen LogP contribution in [-0.4, -0.2) is 13.1 Å². The van der Waals surface area contributed by atoms with Gasteiger partial charge in [0.1, 0.15) is 5.82 Å². The van der Waals surface area contributed by atoms with Crippen LogP contribution < -0.4 is 5.73 Å². The maximum Gasteiger partial charge on any atom is 0.417 e. The molecule has 0 fully saturated rings. The Morgan fingerprint density at radius 1 is 1.19 bits per heavy atom. The third-order valence-electron chi connectivity index (χ3n) is 3.55. The number of hydrogen-bond acceptors (Lipinski definition) is 3. The van der Waals surface area contributed by atoms with Gasteiger partial charge in [0.25, 0.3) is 0 Å². The number of halogens is 5. The van der Waals surface area contributed by atoms with E-state index in [1.807, 2.05) is 13.8 Å². The van der Waals surface area contributed by atoms with Crippen LogP contribution >= 0.6 is 11.6 Å². The van der Waals surface area contributed by atoms with Crippen LogP contribution in [0.1, 0.15) is 35.3 Å². The molecule has 0 bridgehead atoms. The van der Waals surface area contributed by atoms with Gasteiger partial charge in [0.15, 0.2) is 0 Å². The Kier molecular flexibility index (Phi) is 7.03. The summed E-state index contributed by atoms with van der Waals surface area (Å²) < 4.78 is 58.2. The fourth-order valence-corrected chi connectivity index (χ4v) is 2.54. The predicted molar refractivity (Wildman–Crippen MR) is 93.7 cm³/mol. The number of carbonyl (C=O) groups is 1. The van der Waals surface area contributed by atoms with Crippen molar-refractivity contribution in [1.29, 1.82) is 0 Å². The minimum atomic E-state index is -4.77. The molecule has 0 heterocycles. The molecule has 0 unspecified atom stereocenters. The average molecular weight is 392 g/mol. The number of rotatable bonds is 2. The number of carbonyl (C=O) groups excluding carboxylic acids is 1. The van der Waals surface area contributed by atoms with Crippen LogP contribution in [0.5, 0.6) is 0 Å². The second kappa shape index (κ2) is 8.40. The van der Waals surface area contributed by atoms with E-state index in [0.717, 1.165) is 25.3 Å².